The highest BCUT2D eigenvalue weighted by atomic mass is 32.2. The van der Waals surface area contributed by atoms with Crippen LogP contribution in [0, 0.1) is 5.41 Å². The number of nitrogens with two attached hydrogens (primary N) is 1. The summed E-state index contributed by atoms with van der Waals surface area (Å²) in [7, 11) is 0. The number of aromatic nitrogens is 1. The standard InChI is InChI=1S/C92H97N11O12S2/c1-90(2,3)115-81(105)54-75(83(107)100-76(53-60-55-96-73-48-27-26-43-67(60)73)86(110)103-52-30-50-79(103)85(109)101-78(87(111)112)59-117-92(64-37-16-7-17-38-64,65-39-18-8-19-40-65)66-41-20-9-21-42-66)98-80(104)56-97-82(106)74(49-28-29-51-95-88(93)94)99-84(108)77(102-89(113)114-57-72-70-46-24-22-44-68(70)69-45-23-25-47-71(69)72)58-116-91(61-31-10-4-11-32-61,62-33-12-5-13-34-62)63-35-14-6-15-36-63/h4-27,31-48,55,72,74-79,96H,28-30,49-54,56-59H2,1-3H3,(H,97,106)(H,98,104)(H,99,108)(H,100,107)(H,101,109)(H,102,113)(H,111,112)(H4,93,94,95)/t74-,75-,76-,77-,78-,79-/m0/s1. The Hall–Kier alpha value is -12.5. The lowest BCUT2D eigenvalue weighted by molar-refractivity contribution is -0.156. The zero-order chi connectivity index (χ0) is 82.5. The number of ether oxygens (including phenoxy) is 2. The Labute approximate surface area is 688 Å². The maximum Gasteiger partial charge on any atom is 0.407 e. The van der Waals surface area contributed by atoms with Crippen molar-refractivity contribution in [3.63, 3.8) is 0 Å². The molecule has 25 heteroatoms. The molecule has 0 bridgehead atoms. The van der Waals surface area contributed by atoms with E-state index in [-0.39, 0.29) is 68.8 Å². The minimum atomic E-state index is -1.76. The number of fused-ring (bicyclic) bond motifs is 4. The molecular formula is C92H97N11O12S2. The fourth-order valence-electron chi connectivity index (χ4n) is 15.4. The van der Waals surface area contributed by atoms with Crippen molar-refractivity contribution >= 4 is 93.9 Å². The quantitative estimate of drug-likeness (QED) is 0.00571. The Bertz CT molecular complexity index is 4880. The number of nitrogens with one attached hydrogen (secondary N) is 9. The molecule has 604 valence electrons. The Morgan fingerprint density at radius 2 is 1.01 bits per heavy atom. The van der Waals surface area contributed by atoms with Crippen molar-refractivity contribution in [1.29, 1.82) is 5.41 Å². The second-order valence-corrected chi connectivity index (χ2v) is 32.4. The number of aromatic amines is 1. The second-order valence-electron chi connectivity index (χ2n) is 29.9. The predicted octanol–water partition coefficient (Wildman–Crippen LogP) is 11.6. The van der Waals surface area contributed by atoms with Crippen LogP contribution in [0.3, 0.4) is 0 Å². The molecule has 9 aromatic carbocycles. The number of benzene rings is 9. The number of amides is 7. The molecule has 1 aromatic heterocycles. The number of hydrogen-bond acceptors (Lipinski definition) is 14. The number of aliphatic carboxylic acids is 1. The molecule has 2 aliphatic rings. The third kappa shape index (κ3) is 20.8. The molecule has 0 spiro atoms. The van der Waals surface area contributed by atoms with E-state index in [1.54, 1.807) is 27.0 Å². The normalized spacial score (nSPS) is 14.5. The maximum atomic E-state index is 15.5. The number of H-pyrrole nitrogens is 1. The van der Waals surface area contributed by atoms with Gasteiger partial charge in [0.2, 0.25) is 35.4 Å². The number of esters is 1. The van der Waals surface area contributed by atoms with Crippen LogP contribution in [0.4, 0.5) is 4.79 Å². The Morgan fingerprint density at radius 1 is 0.538 bits per heavy atom. The molecule has 12 N–H and O–H groups in total. The highest BCUT2D eigenvalue weighted by molar-refractivity contribution is 8.01. The summed E-state index contributed by atoms with van der Waals surface area (Å²) in [6.45, 7) is 4.26. The van der Waals surface area contributed by atoms with Crippen molar-refractivity contribution in [3.05, 3.63) is 311 Å². The van der Waals surface area contributed by atoms with Gasteiger partial charge in [0.15, 0.2) is 5.96 Å². The molecule has 1 aliphatic heterocycles. The second kappa shape index (κ2) is 39.2. The zero-order valence-corrected chi connectivity index (χ0v) is 67.0. The van der Waals surface area contributed by atoms with Crippen LogP contribution in [0.15, 0.2) is 261 Å². The molecule has 0 unspecified atom stereocenters. The lowest BCUT2D eigenvalue weighted by Gasteiger charge is -2.36. The van der Waals surface area contributed by atoms with Gasteiger partial charge in [-0.05, 0) is 120 Å². The Morgan fingerprint density at radius 3 is 1.51 bits per heavy atom. The molecule has 6 atom stereocenters. The highest BCUT2D eigenvalue weighted by Gasteiger charge is 2.44. The van der Waals surface area contributed by atoms with Crippen LogP contribution in [0.5, 0.6) is 0 Å². The van der Waals surface area contributed by atoms with Gasteiger partial charge in [-0.25, -0.2) is 9.59 Å². The molecule has 1 saturated heterocycles. The van der Waals surface area contributed by atoms with Crippen LogP contribution in [0.1, 0.15) is 115 Å². The summed E-state index contributed by atoms with van der Waals surface area (Å²) in [4.78, 5) is 137. The largest absolute Gasteiger partial charge is 0.480 e. The van der Waals surface area contributed by atoms with Crippen molar-refractivity contribution in [2.75, 3.05) is 37.7 Å². The number of likely N-dealkylation sites (tertiary alicyclic amines) is 1. The Kier molecular flexibility index (Phi) is 28.1. The van der Waals surface area contributed by atoms with Gasteiger partial charge in [0.1, 0.15) is 48.5 Å². The molecule has 1 fully saturated rings. The number of hydrogen-bond donors (Lipinski definition) is 11. The lowest BCUT2D eigenvalue weighted by atomic mass is 9.84. The van der Waals surface area contributed by atoms with Crippen molar-refractivity contribution in [1.82, 2.24) is 47.1 Å². The minimum Gasteiger partial charge on any atom is -0.480 e. The zero-order valence-electron chi connectivity index (χ0n) is 65.3. The smallest absolute Gasteiger partial charge is 0.407 e. The lowest BCUT2D eigenvalue weighted by Crippen LogP contribution is -2.59. The maximum absolute atomic E-state index is 15.5. The van der Waals surface area contributed by atoms with Gasteiger partial charge in [-0.3, -0.25) is 39.0 Å². The van der Waals surface area contributed by atoms with Crippen LogP contribution >= 0.6 is 23.5 Å². The van der Waals surface area contributed by atoms with E-state index in [2.05, 4.69) is 42.2 Å². The third-order valence-corrected chi connectivity index (χ3v) is 24.1. The van der Waals surface area contributed by atoms with E-state index >= 15 is 14.4 Å². The summed E-state index contributed by atoms with van der Waals surface area (Å²) < 4.78 is 9.87. The molecule has 2 heterocycles. The van der Waals surface area contributed by atoms with Crippen molar-refractivity contribution in [3.8, 4) is 11.1 Å². The first-order valence-corrected chi connectivity index (χ1v) is 41.2. The monoisotopic (exact) mass is 1610 g/mol. The van der Waals surface area contributed by atoms with Crippen LogP contribution in [-0.2, 0) is 63.7 Å². The number of carboxylic acids is 1. The molecule has 23 nitrogen and oxygen atoms in total. The topological polar surface area (TPSA) is 345 Å². The fourth-order valence-corrected chi connectivity index (χ4v) is 18.5. The van der Waals surface area contributed by atoms with Crippen LogP contribution in [0.25, 0.3) is 22.0 Å². The predicted molar refractivity (Wildman–Crippen MR) is 455 cm³/mol. The minimum absolute atomic E-state index is 0.0290. The van der Waals surface area contributed by atoms with Gasteiger partial charge in [0.05, 0.1) is 22.5 Å². The number of carboxylic acid groups (broad SMARTS) is 1. The molecule has 1 aliphatic carbocycles. The third-order valence-electron chi connectivity index (χ3n) is 20.9. The molecule has 10 aromatic rings. The van der Waals surface area contributed by atoms with Gasteiger partial charge in [-0.1, -0.05) is 249 Å². The molecule has 0 saturated carbocycles. The van der Waals surface area contributed by atoms with E-state index in [0.29, 0.717) is 23.8 Å². The van der Waals surface area contributed by atoms with Crippen LogP contribution < -0.4 is 43.0 Å². The summed E-state index contributed by atoms with van der Waals surface area (Å²) in [5.74, 6) is -8.03. The number of rotatable bonds is 36. The van der Waals surface area contributed by atoms with E-state index in [4.69, 9.17) is 20.6 Å². The van der Waals surface area contributed by atoms with E-state index in [0.717, 1.165) is 61.2 Å². The molecule has 12 rings (SSSR count). The SMILES string of the molecule is CC(C)(C)OC(=O)C[C@H](NC(=O)CNC(=O)[C@H](CCCCNC(=N)N)NC(=O)[C@H](CSC(c1ccccc1)(c1ccccc1)c1ccccc1)NC(=O)OCC1c2ccccc2-c2ccccc21)C(=O)N[C@@H](Cc1c[nH]c2ccccc12)C(=O)N1CCC[C@H]1C(=O)N[C@@H](CSC(c1ccccc1)(c1ccccc1)c1ccccc1)C(=O)O. The summed E-state index contributed by atoms with van der Waals surface area (Å²) in [5, 5.41) is 38.8. The number of unbranched alkanes of at least 4 members (excludes halogenated alkanes) is 1. The summed E-state index contributed by atoms with van der Waals surface area (Å²) in [5.41, 5.74) is 15.1. The van der Waals surface area contributed by atoms with Crippen LogP contribution in [-0.4, -0.2) is 154 Å². The van der Waals surface area contributed by atoms with E-state index in [1.165, 1.54) is 28.4 Å². The van der Waals surface area contributed by atoms with E-state index in [9.17, 15) is 33.9 Å². The summed E-state index contributed by atoms with van der Waals surface area (Å²) in [6, 6.07) is 72.9. The van der Waals surface area contributed by atoms with Gasteiger partial charge in [-0.2, -0.15) is 0 Å². The molecular weight excluding hydrogens is 1520 g/mol. The molecule has 0 radical (unpaired) electrons. The number of nitrogens with zero attached hydrogens (tertiary/aromatic N) is 1. The summed E-state index contributed by atoms with van der Waals surface area (Å²) >= 11 is 2.74. The highest BCUT2D eigenvalue weighted by Crippen LogP contribution is 2.51. The first-order valence-electron chi connectivity index (χ1n) is 39.2. The number of carbonyl (C=O) groups is 9. The number of thioether (sulfide) groups is 2. The van der Waals surface area contributed by atoms with Gasteiger partial charge >= 0.3 is 18.0 Å². The van der Waals surface area contributed by atoms with Gasteiger partial charge < -0.3 is 67.4 Å². The number of para-hydroxylation sites is 1. The van der Waals surface area contributed by atoms with Gasteiger partial charge in [0, 0.05) is 54.0 Å². The van der Waals surface area contributed by atoms with Crippen molar-refractivity contribution in [2.24, 2.45) is 5.73 Å². The average Bonchev–Trinajstić information content (AvgIpc) is 1.41. The van der Waals surface area contributed by atoms with Crippen LogP contribution in [0.2, 0.25) is 0 Å². The van der Waals surface area contributed by atoms with Gasteiger partial charge in [0.25, 0.3) is 0 Å². The summed E-state index contributed by atoms with van der Waals surface area (Å²) in [6.07, 6.45) is 0.961. The van der Waals surface area contributed by atoms with Crippen molar-refractivity contribution in [2.45, 2.75) is 123 Å². The fraction of sp³-hybridized carbons (Fsp3) is 0.283. The average molecular weight is 1610 g/mol. The Balaban J connectivity index is 0.787. The molecule has 7 amide bonds. The van der Waals surface area contributed by atoms with Crippen molar-refractivity contribution < 1.29 is 57.7 Å². The van der Waals surface area contributed by atoms with Gasteiger partial charge in [-0.15, -0.1) is 23.5 Å². The van der Waals surface area contributed by atoms with E-state index < -0.39 is 118 Å². The molecule has 117 heavy (non-hydrogen) atoms. The number of alkyl carbamates (subject to hydrolysis) is 1. The number of carbonyl (C=O) groups excluding carboxylic acids is 8. The van der Waals surface area contributed by atoms with E-state index in [1.807, 2.05) is 255 Å². The first-order chi connectivity index (χ1) is 56.6. The first kappa shape index (κ1) is 83.9. The number of guanidine groups is 1.